The Morgan fingerprint density at radius 3 is 2.52 bits per heavy atom. The van der Waals surface area contributed by atoms with Crippen molar-refractivity contribution in [2.45, 2.75) is 56.2 Å². The van der Waals surface area contributed by atoms with Crippen molar-refractivity contribution in [3.63, 3.8) is 0 Å². The smallest absolute Gasteiger partial charge is 0.260 e. The van der Waals surface area contributed by atoms with Crippen molar-refractivity contribution in [3.05, 3.63) is 23.4 Å². The van der Waals surface area contributed by atoms with Gasteiger partial charge in [0.2, 0.25) is 0 Å². The molecule has 2 aliphatic carbocycles. The van der Waals surface area contributed by atoms with Crippen LogP contribution in [-0.4, -0.2) is 28.0 Å². The summed E-state index contributed by atoms with van der Waals surface area (Å²) in [6.07, 6.45) is 11.7. The molecule has 0 saturated heterocycles. The minimum absolute atomic E-state index is 0.0150. The van der Waals surface area contributed by atoms with Crippen LogP contribution in [0, 0.1) is 0 Å². The molecule has 1 amide bonds. The molecule has 0 saturated carbocycles. The summed E-state index contributed by atoms with van der Waals surface area (Å²) in [4.78, 5) is 24.6. The van der Waals surface area contributed by atoms with Gasteiger partial charge in [0.05, 0.1) is 5.70 Å². The molecule has 0 fully saturated rings. The normalized spacial score (nSPS) is 19.3. The molecule has 0 aromatic carbocycles. The lowest BCUT2D eigenvalue weighted by molar-refractivity contribution is -0.130. The first-order valence-corrected chi connectivity index (χ1v) is 8.47. The first-order valence-electron chi connectivity index (χ1n) is 7.60. The molecule has 0 atom stereocenters. The second kappa shape index (κ2) is 8.00. The van der Waals surface area contributed by atoms with E-state index in [0.29, 0.717) is 18.7 Å². The molecule has 0 heterocycles. The van der Waals surface area contributed by atoms with Gasteiger partial charge in [-0.1, -0.05) is 40.9 Å². The maximum Gasteiger partial charge on any atom is 0.260 e. The number of hydrogen-bond acceptors (Lipinski definition) is 2. The summed E-state index contributed by atoms with van der Waals surface area (Å²) in [5.74, 6) is -0.377. The maximum absolute atomic E-state index is 12.2. The number of hydrogen-bond donors (Lipinski definition) is 0. The highest BCUT2D eigenvalue weighted by Crippen LogP contribution is 2.24. The predicted molar refractivity (Wildman–Crippen MR) is 85.3 cm³/mol. The molecule has 2 rings (SSSR count). The fourth-order valence-corrected chi connectivity index (χ4v) is 3.09. The summed E-state index contributed by atoms with van der Waals surface area (Å²) in [7, 11) is 0. The van der Waals surface area contributed by atoms with Crippen LogP contribution in [0.15, 0.2) is 23.4 Å². The topological polar surface area (TPSA) is 37.4 Å². The van der Waals surface area contributed by atoms with Crippen LogP contribution in [0.5, 0.6) is 0 Å². The molecule has 0 bridgehead atoms. The average Bonchev–Trinajstić information content (AvgIpc) is 2.50. The predicted octanol–water partition coefficient (Wildman–Crippen LogP) is 4.15. The number of carbonyl (C=O) groups is 2. The molecule has 0 unspecified atom stereocenters. The van der Waals surface area contributed by atoms with Crippen molar-refractivity contribution < 1.29 is 9.59 Å². The summed E-state index contributed by atoms with van der Waals surface area (Å²) in [5, 5.41) is 0. The summed E-state index contributed by atoms with van der Waals surface area (Å²) in [6.45, 7) is 0.484. The Bertz CT molecular complexity index is 469. The summed E-state index contributed by atoms with van der Waals surface area (Å²) >= 11 is 11.5. The first-order chi connectivity index (χ1) is 10.1. The van der Waals surface area contributed by atoms with Gasteiger partial charge in [-0.25, -0.2) is 0 Å². The average molecular weight is 330 g/mol. The molecule has 0 spiro atoms. The number of rotatable bonds is 5. The Morgan fingerprint density at radius 2 is 1.90 bits per heavy atom. The van der Waals surface area contributed by atoms with E-state index in [1.807, 2.05) is 6.08 Å². The molecule has 0 aromatic heterocycles. The summed E-state index contributed by atoms with van der Waals surface area (Å²) < 4.78 is 0. The fraction of sp³-hybridized carbons (Fsp3) is 0.625. The molecule has 0 aromatic rings. The van der Waals surface area contributed by atoms with Crippen molar-refractivity contribution in [2.24, 2.45) is 0 Å². The third-order valence-electron chi connectivity index (χ3n) is 4.02. The number of ketones is 1. The minimum Gasteiger partial charge on any atom is -0.307 e. The first kappa shape index (κ1) is 16.6. The Hall–Kier alpha value is -0.800. The monoisotopic (exact) mass is 329 g/mol. The zero-order chi connectivity index (χ0) is 15.2. The van der Waals surface area contributed by atoms with Gasteiger partial charge >= 0.3 is 0 Å². The highest BCUT2D eigenvalue weighted by molar-refractivity contribution is 6.53. The van der Waals surface area contributed by atoms with Crippen molar-refractivity contribution in [1.82, 2.24) is 4.90 Å². The molecule has 2 aliphatic rings. The lowest BCUT2D eigenvalue weighted by atomic mass is 9.96. The van der Waals surface area contributed by atoms with E-state index in [0.717, 1.165) is 32.1 Å². The lowest BCUT2D eigenvalue weighted by Gasteiger charge is -2.28. The van der Waals surface area contributed by atoms with Gasteiger partial charge in [0.15, 0.2) is 10.6 Å². The van der Waals surface area contributed by atoms with Crippen molar-refractivity contribution in [3.8, 4) is 0 Å². The van der Waals surface area contributed by atoms with Gasteiger partial charge in [-0.3, -0.25) is 9.59 Å². The second-order valence-electron chi connectivity index (χ2n) is 5.55. The SMILES string of the molecule is O=C1CCCC=C1N(CCC1=CCCCC1)C(=O)C(Cl)Cl. The molecular weight excluding hydrogens is 309 g/mol. The fourth-order valence-electron chi connectivity index (χ4n) is 2.86. The Morgan fingerprint density at radius 1 is 1.14 bits per heavy atom. The number of amides is 1. The molecule has 0 N–H and O–H groups in total. The van der Waals surface area contributed by atoms with Crippen LogP contribution in [0.4, 0.5) is 0 Å². The molecular formula is C16H21Cl2NO2. The zero-order valence-electron chi connectivity index (χ0n) is 12.1. The molecule has 0 aliphatic heterocycles. The lowest BCUT2D eigenvalue weighted by Crippen LogP contribution is -2.38. The van der Waals surface area contributed by atoms with E-state index in [1.54, 1.807) is 0 Å². The number of allylic oxidation sites excluding steroid dienone is 3. The van der Waals surface area contributed by atoms with Gasteiger partial charge in [0, 0.05) is 13.0 Å². The van der Waals surface area contributed by atoms with E-state index in [1.165, 1.54) is 23.3 Å². The maximum atomic E-state index is 12.2. The third kappa shape index (κ3) is 4.58. The van der Waals surface area contributed by atoms with Crippen LogP contribution in [0.25, 0.3) is 0 Å². The van der Waals surface area contributed by atoms with E-state index in [4.69, 9.17) is 23.2 Å². The van der Waals surface area contributed by atoms with Crippen LogP contribution >= 0.6 is 23.2 Å². The number of alkyl halides is 2. The van der Waals surface area contributed by atoms with Gasteiger partial charge in [-0.2, -0.15) is 0 Å². The van der Waals surface area contributed by atoms with Gasteiger partial charge in [-0.05, 0) is 44.9 Å². The van der Waals surface area contributed by atoms with Crippen LogP contribution in [0.2, 0.25) is 0 Å². The van der Waals surface area contributed by atoms with Gasteiger partial charge in [0.25, 0.3) is 5.91 Å². The molecule has 0 radical (unpaired) electrons. The van der Waals surface area contributed by atoms with Crippen LogP contribution in [0.3, 0.4) is 0 Å². The summed E-state index contributed by atoms with van der Waals surface area (Å²) in [6, 6.07) is 0. The van der Waals surface area contributed by atoms with Gasteiger partial charge in [0.1, 0.15) is 0 Å². The number of Topliss-reactive ketones (excluding diaryl/α,β-unsaturated/α-hetero) is 1. The van der Waals surface area contributed by atoms with E-state index < -0.39 is 10.7 Å². The number of nitrogens with zero attached hydrogens (tertiary/aromatic N) is 1. The van der Waals surface area contributed by atoms with Crippen LogP contribution < -0.4 is 0 Å². The number of carbonyl (C=O) groups excluding carboxylic acids is 2. The quantitative estimate of drug-likeness (QED) is 0.561. The highest BCUT2D eigenvalue weighted by atomic mass is 35.5. The molecule has 3 nitrogen and oxygen atoms in total. The van der Waals surface area contributed by atoms with Gasteiger partial charge in [-0.15, -0.1) is 0 Å². The molecule has 116 valence electrons. The van der Waals surface area contributed by atoms with Crippen LogP contribution in [-0.2, 0) is 9.59 Å². The van der Waals surface area contributed by atoms with Crippen LogP contribution in [0.1, 0.15) is 51.4 Å². The Kier molecular flexibility index (Phi) is 6.31. The number of halogens is 2. The van der Waals surface area contributed by atoms with Gasteiger partial charge < -0.3 is 4.90 Å². The van der Waals surface area contributed by atoms with Crippen molar-refractivity contribution >= 4 is 34.9 Å². The Balaban J connectivity index is 2.08. The van der Waals surface area contributed by atoms with Crippen molar-refractivity contribution in [2.75, 3.05) is 6.54 Å². The van der Waals surface area contributed by atoms with E-state index in [-0.39, 0.29) is 5.78 Å². The van der Waals surface area contributed by atoms with E-state index in [9.17, 15) is 9.59 Å². The standard InChI is InChI=1S/C16H21Cl2NO2/c17-15(18)16(21)19(13-8-4-5-9-14(13)20)11-10-12-6-2-1-3-7-12/h6,8,15H,1-5,7,9-11H2. The highest BCUT2D eigenvalue weighted by Gasteiger charge is 2.28. The van der Waals surface area contributed by atoms with E-state index >= 15 is 0 Å². The van der Waals surface area contributed by atoms with E-state index in [2.05, 4.69) is 6.08 Å². The third-order valence-corrected chi connectivity index (χ3v) is 4.39. The van der Waals surface area contributed by atoms with Crippen molar-refractivity contribution in [1.29, 1.82) is 0 Å². The second-order valence-corrected chi connectivity index (χ2v) is 6.65. The minimum atomic E-state index is -1.12. The zero-order valence-corrected chi connectivity index (χ0v) is 13.6. The Labute approximate surface area is 136 Å². The molecule has 5 heteroatoms. The summed E-state index contributed by atoms with van der Waals surface area (Å²) in [5.41, 5.74) is 1.84. The largest absolute Gasteiger partial charge is 0.307 e. The molecule has 21 heavy (non-hydrogen) atoms.